The van der Waals surface area contributed by atoms with Gasteiger partial charge in [0.25, 0.3) is 5.91 Å². The van der Waals surface area contributed by atoms with Gasteiger partial charge in [0.15, 0.2) is 0 Å². The zero-order valence-corrected chi connectivity index (χ0v) is 20.0. The van der Waals surface area contributed by atoms with Crippen LogP contribution in [-0.2, 0) is 10.0 Å². The van der Waals surface area contributed by atoms with Crippen LogP contribution < -0.4 is 10.2 Å². The summed E-state index contributed by atoms with van der Waals surface area (Å²) in [4.78, 5) is 13.8. The molecule has 0 saturated carbocycles. The summed E-state index contributed by atoms with van der Waals surface area (Å²) in [7, 11) is -4.24. The number of rotatable bonds is 5. The quantitative estimate of drug-likeness (QED) is 0.506. The smallest absolute Gasteiger partial charge is 0.255 e. The van der Waals surface area contributed by atoms with Crippen molar-refractivity contribution in [2.24, 2.45) is 0 Å². The lowest BCUT2D eigenvalue weighted by Gasteiger charge is -2.35. The normalized spacial score (nSPS) is 14.8. The van der Waals surface area contributed by atoms with Crippen molar-refractivity contribution in [1.29, 1.82) is 0 Å². The molecule has 1 heterocycles. The van der Waals surface area contributed by atoms with Crippen molar-refractivity contribution in [3.05, 3.63) is 87.9 Å². The lowest BCUT2D eigenvalue weighted by Crippen LogP contribution is -2.49. The molecule has 11 heteroatoms. The number of carbonyl (C=O) groups is 1. The molecular formula is C23H19Cl2F2N3O3S. The molecule has 3 aromatic rings. The number of amides is 1. The number of piperazine rings is 1. The number of nitrogens with one attached hydrogen (secondary N) is 1. The lowest BCUT2D eigenvalue weighted by molar-refractivity contribution is 0.102. The average Bonchev–Trinajstić information content (AvgIpc) is 2.79. The molecule has 0 spiro atoms. The summed E-state index contributed by atoms with van der Waals surface area (Å²) < 4.78 is 56.1. The summed E-state index contributed by atoms with van der Waals surface area (Å²) >= 11 is 11.9. The van der Waals surface area contributed by atoms with Gasteiger partial charge in [0.1, 0.15) is 16.5 Å². The molecule has 1 aliphatic heterocycles. The molecule has 3 aromatic carbocycles. The summed E-state index contributed by atoms with van der Waals surface area (Å²) in [6.45, 7) is 0.538. The van der Waals surface area contributed by atoms with Gasteiger partial charge in [-0.1, -0.05) is 35.3 Å². The van der Waals surface area contributed by atoms with Gasteiger partial charge in [-0.25, -0.2) is 17.2 Å². The van der Waals surface area contributed by atoms with Crippen LogP contribution in [0.1, 0.15) is 10.4 Å². The van der Waals surface area contributed by atoms with Gasteiger partial charge in [-0.15, -0.1) is 0 Å². The van der Waals surface area contributed by atoms with Crippen LogP contribution in [0, 0.1) is 11.6 Å². The summed E-state index contributed by atoms with van der Waals surface area (Å²) in [6, 6.07) is 13.8. The zero-order valence-electron chi connectivity index (χ0n) is 17.6. The second kappa shape index (κ2) is 9.87. The summed E-state index contributed by atoms with van der Waals surface area (Å²) in [6.07, 6.45) is 0. The average molecular weight is 526 g/mol. The Labute approximate surface area is 205 Å². The maximum Gasteiger partial charge on any atom is 0.255 e. The molecule has 1 saturated heterocycles. The van der Waals surface area contributed by atoms with E-state index >= 15 is 0 Å². The fraction of sp³-hybridized carbons (Fsp3) is 0.174. The maximum absolute atomic E-state index is 14.6. The maximum atomic E-state index is 14.6. The Bertz CT molecular complexity index is 1330. The summed E-state index contributed by atoms with van der Waals surface area (Å²) in [5, 5.41) is 3.18. The molecular weight excluding hydrogens is 507 g/mol. The zero-order chi connectivity index (χ0) is 24.5. The number of anilines is 2. The molecule has 0 unspecified atom stereocenters. The number of sulfonamides is 1. The van der Waals surface area contributed by atoms with Gasteiger partial charge in [-0.2, -0.15) is 4.31 Å². The van der Waals surface area contributed by atoms with Gasteiger partial charge in [0.05, 0.1) is 5.69 Å². The summed E-state index contributed by atoms with van der Waals surface area (Å²) in [5.41, 5.74) is 0.632. The second-order valence-electron chi connectivity index (χ2n) is 7.60. The number of hydrogen-bond acceptors (Lipinski definition) is 4. The highest BCUT2D eigenvalue weighted by molar-refractivity contribution is 7.89. The molecule has 0 aliphatic carbocycles. The third-order valence-electron chi connectivity index (χ3n) is 5.36. The molecule has 0 bridgehead atoms. The Kier molecular flexibility index (Phi) is 7.09. The van der Waals surface area contributed by atoms with Crippen molar-refractivity contribution < 1.29 is 22.0 Å². The number of hydrogen-bond donors (Lipinski definition) is 1. The largest absolute Gasteiger partial charge is 0.367 e. The molecule has 1 fully saturated rings. The molecule has 6 nitrogen and oxygen atoms in total. The van der Waals surface area contributed by atoms with Crippen LogP contribution in [0.4, 0.5) is 20.2 Å². The first-order valence-electron chi connectivity index (χ1n) is 10.2. The molecule has 1 N–H and O–H groups in total. The third kappa shape index (κ3) is 5.17. The van der Waals surface area contributed by atoms with Gasteiger partial charge in [0.2, 0.25) is 10.0 Å². The van der Waals surface area contributed by atoms with E-state index in [0.29, 0.717) is 21.4 Å². The Balaban J connectivity index is 1.52. The molecule has 34 heavy (non-hydrogen) atoms. The van der Waals surface area contributed by atoms with Crippen molar-refractivity contribution in [3.8, 4) is 0 Å². The van der Waals surface area contributed by atoms with E-state index in [2.05, 4.69) is 5.32 Å². The van der Waals surface area contributed by atoms with E-state index in [1.54, 1.807) is 23.1 Å². The lowest BCUT2D eigenvalue weighted by atomic mass is 10.2. The van der Waals surface area contributed by atoms with E-state index in [0.717, 1.165) is 16.4 Å². The van der Waals surface area contributed by atoms with Gasteiger partial charge >= 0.3 is 0 Å². The topological polar surface area (TPSA) is 69.7 Å². The minimum atomic E-state index is -4.24. The molecule has 178 valence electrons. The van der Waals surface area contributed by atoms with Crippen LogP contribution in [0.15, 0.2) is 65.6 Å². The third-order valence-corrected chi connectivity index (χ3v) is 7.71. The predicted molar refractivity (Wildman–Crippen MR) is 128 cm³/mol. The molecule has 0 atom stereocenters. The van der Waals surface area contributed by atoms with Gasteiger partial charge < -0.3 is 10.2 Å². The highest BCUT2D eigenvalue weighted by Crippen LogP contribution is 2.26. The number of carbonyl (C=O) groups excluding carboxylic acids is 1. The van der Waals surface area contributed by atoms with E-state index in [-0.39, 0.29) is 31.7 Å². The monoisotopic (exact) mass is 525 g/mol. The minimum absolute atomic E-state index is 0.0353. The number of halogens is 4. The molecule has 0 aromatic heterocycles. The predicted octanol–water partition coefficient (Wildman–Crippen LogP) is 5.03. The number of para-hydroxylation sites is 1. The molecule has 1 aliphatic rings. The minimum Gasteiger partial charge on any atom is -0.367 e. The van der Waals surface area contributed by atoms with E-state index in [1.165, 1.54) is 30.3 Å². The van der Waals surface area contributed by atoms with Crippen molar-refractivity contribution >= 4 is 50.5 Å². The van der Waals surface area contributed by atoms with E-state index in [9.17, 15) is 22.0 Å². The van der Waals surface area contributed by atoms with Crippen LogP contribution in [0.2, 0.25) is 10.0 Å². The van der Waals surface area contributed by atoms with Crippen molar-refractivity contribution in [3.63, 3.8) is 0 Å². The van der Waals surface area contributed by atoms with Gasteiger partial charge in [-0.3, -0.25) is 4.79 Å². The van der Waals surface area contributed by atoms with E-state index in [4.69, 9.17) is 23.2 Å². The van der Waals surface area contributed by atoms with Crippen molar-refractivity contribution in [1.82, 2.24) is 4.31 Å². The highest BCUT2D eigenvalue weighted by Gasteiger charge is 2.32. The number of benzene rings is 3. The van der Waals surface area contributed by atoms with E-state index < -0.39 is 32.5 Å². The van der Waals surface area contributed by atoms with Crippen molar-refractivity contribution in [2.75, 3.05) is 36.4 Å². The highest BCUT2D eigenvalue weighted by atomic mass is 35.5. The fourth-order valence-corrected chi connectivity index (χ4v) is 5.73. The standard InChI is InChI=1S/C23H19Cl2F2N3O3S/c24-16-12-17(25)14-18(13-16)28-23(31)15-5-6-20(27)22(11-15)34(32,33)30-9-7-29(8-10-30)21-4-2-1-3-19(21)26/h1-6,11-14H,7-10H2,(H,28,31). The Morgan fingerprint density at radius 3 is 2.15 bits per heavy atom. The molecule has 1 amide bonds. The van der Waals surface area contributed by atoms with Crippen LogP contribution in [0.25, 0.3) is 0 Å². The number of nitrogens with zero attached hydrogens (tertiary/aromatic N) is 2. The van der Waals surface area contributed by atoms with Gasteiger partial charge in [0, 0.05) is 47.5 Å². The Morgan fingerprint density at radius 1 is 0.853 bits per heavy atom. The van der Waals surface area contributed by atoms with Crippen LogP contribution in [0.5, 0.6) is 0 Å². The SMILES string of the molecule is O=C(Nc1cc(Cl)cc(Cl)c1)c1ccc(F)c(S(=O)(=O)N2CCN(c3ccccc3F)CC2)c1. The first kappa shape index (κ1) is 24.4. The van der Waals surface area contributed by atoms with Crippen LogP contribution in [0.3, 0.4) is 0 Å². The first-order chi connectivity index (χ1) is 16.1. The fourth-order valence-electron chi connectivity index (χ4n) is 3.69. The van der Waals surface area contributed by atoms with Crippen LogP contribution >= 0.6 is 23.2 Å². The molecule has 0 radical (unpaired) electrons. The molecule has 4 rings (SSSR count). The Morgan fingerprint density at radius 2 is 1.50 bits per heavy atom. The second-order valence-corrected chi connectivity index (χ2v) is 10.4. The van der Waals surface area contributed by atoms with E-state index in [1.807, 2.05) is 0 Å². The van der Waals surface area contributed by atoms with Crippen molar-refractivity contribution in [2.45, 2.75) is 4.90 Å². The Hall–Kier alpha value is -2.72. The van der Waals surface area contributed by atoms with Crippen LogP contribution in [-0.4, -0.2) is 44.8 Å². The van der Waals surface area contributed by atoms with Gasteiger partial charge in [-0.05, 0) is 48.5 Å². The summed E-state index contributed by atoms with van der Waals surface area (Å²) in [5.74, 6) is -2.03. The first-order valence-corrected chi connectivity index (χ1v) is 12.4.